The number of benzene rings is 1. The van der Waals surface area contributed by atoms with Crippen LogP contribution in [-0.4, -0.2) is 45.7 Å². The van der Waals surface area contributed by atoms with Crippen molar-refractivity contribution < 1.29 is 35.9 Å². The van der Waals surface area contributed by atoms with Crippen LogP contribution < -0.4 is 21.3 Å². The minimum atomic E-state index is -5.05. The molecule has 2 fully saturated rings. The van der Waals surface area contributed by atoms with Crippen molar-refractivity contribution in [2.75, 3.05) is 30.3 Å². The Morgan fingerprint density at radius 2 is 1.77 bits per heavy atom. The van der Waals surface area contributed by atoms with Crippen LogP contribution >= 0.6 is 11.8 Å². The number of nitrogens with one attached hydrogen (secondary N) is 2. The molecule has 2 aromatic heterocycles. The molecule has 9 nitrogen and oxygen atoms in total. The zero-order valence-electron chi connectivity index (χ0n) is 22.8. The number of thioether (sulfide) groups is 1. The maximum atomic E-state index is 13.8. The average molecular weight is 638 g/mol. The Kier molecular flexibility index (Phi) is 8.83. The van der Waals surface area contributed by atoms with Gasteiger partial charge in [-0.1, -0.05) is 12.1 Å². The number of carbonyl (C=O) groups excluding carboxylic acids is 2. The zero-order valence-corrected chi connectivity index (χ0v) is 23.6. The van der Waals surface area contributed by atoms with Crippen molar-refractivity contribution in [3.05, 3.63) is 69.9 Å². The fourth-order valence-corrected chi connectivity index (χ4v) is 5.61. The quantitative estimate of drug-likeness (QED) is 0.228. The number of nitrogen functional groups attached to an aromatic ring is 1. The van der Waals surface area contributed by atoms with Gasteiger partial charge in [-0.05, 0) is 73.0 Å². The third-order valence-corrected chi connectivity index (χ3v) is 7.95. The Balaban J connectivity index is 1.22. The van der Waals surface area contributed by atoms with Gasteiger partial charge in [-0.2, -0.15) is 26.3 Å². The first-order valence-corrected chi connectivity index (χ1v) is 14.2. The van der Waals surface area contributed by atoms with Gasteiger partial charge in [-0.15, -0.1) is 0 Å². The van der Waals surface area contributed by atoms with Crippen LogP contribution in [0.4, 0.5) is 42.9 Å². The van der Waals surface area contributed by atoms with Gasteiger partial charge < -0.3 is 16.0 Å². The van der Waals surface area contributed by atoms with Crippen LogP contribution in [0.15, 0.2) is 47.5 Å². The molecule has 0 unspecified atom stereocenters. The third-order valence-electron chi connectivity index (χ3n) is 7.14. The summed E-state index contributed by atoms with van der Waals surface area (Å²) in [6, 6.07) is 6.03. The fourth-order valence-electron chi connectivity index (χ4n) is 4.94. The molecule has 2 saturated heterocycles. The minimum absolute atomic E-state index is 0.0645. The molecular weight excluding hydrogens is 612 g/mol. The molecule has 0 atom stereocenters. The molecule has 0 aliphatic carbocycles. The highest BCUT2D eigenvalue weighted by atomic mass is 32.2. The molecule has 2 aliphatic heterocycles. The van der Waals surface area contributed by atoms with E-state index in [-0.39, 0.29) is 34.9 Å². The van der Waals surface area contributed by atoms with Gasteiger partial charge in [0.15, 0.2) is 0 Å². The van der Waals surface area contributed by atoms with Crippen molar-refractivity contribution in [2.24, 2.45) is 5.92 Å². The smallest absolute Gasteiger partial charge is 0.384 e. The number of piperidine rings is 1. The van der Waals surface area contributed by atoms with Crippen LogP contribution in [0.1, 0.15) is 35.2 Å². The molecule has 0 bridgehead atoms. The van der Waals surface area contributed by atoms with Crippen LogP contribution in [0.5, 0.6) is 0 Å². The molecule has 2 amide bonds. The van der Waals surface area contributed by atoms with Gasteiger partial charge in [0, 0.05) is 31.4 Å². The summed E-state index contributed by atoms with van der Waals surface area (Å²) in [4.78, 5) is 38.3. The molecule has 232 valence electrons. The highest BCUT2D eigenvalue weighted by Crippen LogP contribution is 2.41. The van der Waals surface area contributed by atoms with Crippen LogP contribution in [0.2, 0.25) is 0 Å². The van der Waals surface area contributed by atoms with E-state index >= 15 is 0 Å². The number of nitrogens with zero attached hydrogens (tertiary/aromatic N) is 4. The summed E-state index contributed by atoms with van der Waals surface area (Å²) in [5.41, 5.74) is 3.11. The largest absolute Gasteiger partial charge is 0.417 e. The van der Waals surface area contributed by atoms with E-state index in [0.717, 1.165) is 30.7 Å². The number of imide groups is 1. The maximum absolute atomic E-state index is 13.8. The Labute approximate surface area is 251 Å². The summed E-state index contributed by atoms with van der Waals surface area (Å²) in [7, 11) is 0. The summed E-state index contributed by atoms with van der Waals surface area (Å²) < 4.78 is 81.0. The van der Waals surface area contributed by atoms with E-state index in [0.29, 0.717) is 42.9 Å². The van der Waals surface area contributed by atoms with Crippen LogP contribution in [0.3, 0.4) is 0 Å². The van der Waals surface area contributed by atoms with Crippen molar-refractivity contribution in [2.45, 2.75) is 31.7 Å². The first-order chi connectivity index (χ1) is 20.8. The third kappa shape index (κ3) is 7.30. The number of carbonyl (C=O) groups is 2. The number of anilines is 2. The fraction of sp³-hybridized carbons (Fsp3) is 0.321. The van der Waals surface area contributed by atoms with Gasteiger partial charge in [0.1, 0.15) is 5.82 Å². The monoisotopic (exact) mass is 637 g/mol. The number of rotatable bonds is 7. The predicted molar refractivity (Wildman–Crippen MR) is 152 cm³/mol. The van der Waals surface area contributed by atoms with Gasteiger partial charge in [0.05, 0.1) is 27.4 Å². The van der Waals surface area contributed by atoms with Crippen molar-refractivity contribution in [3.63, 3.8) is 0 Å². The van der Waals surface area contributed by atoms with Crippen molar-refractivity contribution in [1.29, 1.82) is 0 Å². The van der Waals surface area contributed by atoms with Gasteiger partial charge in [0.25, 0.3) is 11.1 Å². The predicted octanol–water partition coefficient (Wildman–Crippen LogP) is 5.49. The number of halogens is 6. The topological polar surface area (TPSA) is 126 Å². The second kappa shape index (κ2) is 12.4. The van der Waals surface area contributed by atoms with Gasteiger partial charge in [-0.25, -0.2) is 15.0 Å². The lowest BCUT2D eigenvalue weighted by atomic mass is 9.96. The highest BCUT2D eigenvalue weighted by molar-refractivity contribution is 8.18. The normalized spacial score (nSPS) is 17.4. The molecule has 16 heteroatoms. The van der Waals surface area contributed by atoms with Gasteiger partial charge >= 0.3 is 12.4 Å². The SMILES string of the molecule is Nc1ccc(CNCC2CCN(c3nccc(C=C4SC(=O)NC4=O)n3)CC2)c(-c2ccc(C(F)(F)F)cc2C(F)(F)F)n1. The number of hydrogen-bond acceptors (Lipinski definition) is 9. The molecule has 0 saturated carbocycles. The summed E-state index contributed by atoms with van der Waals surface area (Å²) >= 11 is 0.799. The first-order valence-electron chi connectivity index (χ1n) is 13.4. The lowest BCUT2D eigenvalue weighted by Gasteiger charge is -2.32. The van der Waals surface area contributed by atoms with E-state index < -0.39 is 40.2 Å². The molecule has 0 spiro atoms. The number of alkyl halides is 6. The van der Waals surface area contributed by atoms with Crippen LogP contribution in [0, 0.1) is 5.92 Å². The number of hydrogen-bond donors (Lipinski definition) is 3. The first kappa shape index (κ1) is 31.3. The van der Waals surface area contributed by atoms with E-state index in [2.05, 4.69) is 25.6 Å². The Morgan fingerprint density at radius 1 is 1.02 bits per heavy atom. The lowest BCUT2D eigenvalue weighted by molar-refractivity contribution is -0.142. The summed E-state index contributed by atoms with van der Waals surface area (Å²) in [6.07, 6.45) is -5.37. The summed E-state index contributed by atoms with van der Waals surface area (Å²) in [6.45, 7) is 1.92. The van der Waals surface area contributed by atoms with E-state index in [1.165, 1.54) is 18.2 Å². The van der Waals surface area contributed by atoms with Crippen LogP contribution in [0.25, 0.3) is 17.3 Å². The second-order valence-electron chi connectivity index (χ2n) is 10.2. The number of aromatic nitrogens is 3. The standard InChI is InChI=1S/C28H25F6N7O2S/c29-27(30,31)17-2-3-19(20(11-17)28(32,33)34)23-16(1-4-22(35)39-23)14-36-13-15-6-9-41(10-7-15)25-37-8-5-18(38-25)12-21-24(42)40-26(43)44-21/h1-5,8,11-12,15,36H,6-7,9-10,13-14H2,(H2,35,39)(H,40,42,43). The van der Waals surface area contributed by atoms with E-state index in [1.807, 2.05) is 4.90 Å². The minimum Gasteiger partial charge on any atom is -0.384 e. The van der Waals surface area contributed by atoms with E-state index in [4.69, 9.17) is 5.73 Å². The summed E-state index contributed by atoms with van der Waals surface area (Å²) in [5.74, 6) is 0.166. The second-order valence-corrected chi connectivity index (χ2v) is 11.2. The Bertz CT molecular complexity index is 1600. The molecule has 44 heavy (non-hydrogen) atoms. The van der Waals surface area contributed by atoms with Crippen molar-refractivity contribution in [1.82, 2.24) is 25.6 Å². The van der Waals surface area contributed by atoms with Crippen molar-refractivity contribution >= 4 is 40.8 Å². The number of nitrogens with two attached hydrogens (primary N) is 1. The average Bonchev–Trinajstić information content (AvgIpc) is 3.28. The van der Waals surface area contributed by atoms with E-state index in [1.54, 1.807) is 12.3 Å². The molecule has 4 heterocycles. The maximum Gasteiger partial charge on any atom is 0.417 e. The Morgan fingerprint density at radius 3 is 2.43 bits per heavy atom. The van der Waals surface area contributed by atoms with Crippen LogP contribution in [-0.2, 0) is 23.7 Å². The van der Waals surface area contributed by atoms with Crippen molar-refractivity contribution in [3.8, 4) is 11.3 Å². The summed E-state index contributed by atoms with van der Waals surface area (Å²) in [5, 5.41) is 4.99. The molecule has 4 N–H and O–H groups in total. The molecule has 5 rings (SSSR count). The van der Waals surface area contributed by atoms with E-state index in [9.17, 15) is 35.9 Å². The number of pyridine rings is 1. The molecule has 0 radical (unpaired) electrons. The highest BCUT2D eigenvalue weighted by Gasteiger charge is 2.39. The molecule has 2 aliphatic rings. The molecule has 3 aromatic rings. The zero-order chi connectivity index (χ0) is 31.6. The van der Waals surface area contributed by atoms with Gasteiger partial charge in [-0.3, -0.25) is 14.9 Å². The van der Waals surface area contributed by atoms with Gasteiger partial charge in [0.2, 0.25) is 5.95 Å². The molecule has 1 aromatic carbocycles. The number of amides is 2. The Hall–Kier alpha value is -4.18. The lowest BCUT2D eigenvalue weighted by Crippen LogP contribution is -2.38. The molecular formula is C28H25F6N7O2S.